The summed E-state index contributed by atoms with van der Waals surface area (Å²) in [5.74, 6) is 0. The normalized spacial score (nSPS) is 17.8. The Kier molecular flexibility index (Phi) is 4.53. The minimum absolute atomic E-state index is 0.0558. The quantitative estimate of drug-likeness (QED) is 0.725. The van der Waals surface area contributed by atoms with E-state index >= 15 is 0 Å². The van der Waals surface area contributed by atoms with Crippen LogP contribution in [0.25, 0.3) is 0 Å². The van der Waals surface area contributed by atoms with Crippen molar-refractivity contribution in [3.63, 3.8) is 0 Å². The van der Waals surface area contributed by atoms with Gasteiger partial charge in [0.15, 0.2) is 0 Å². The molecule has 0 aliphatic carbocycles. The van der Waals surface area contributed by atoms with Crippen LogP contribution in [0.3, 0.4) is 0 Å². The molecule has 0 bridgehead atoms. The molecule has 2 amide bonds. The topological polar surface area (TPSA) is 58.4 Å². The Labute approximate surface area is 103 Å². The van der Waals surface area contributed by atoms with Crippen LogP contribution in [0, 0.1) is 0 Å². The number of hydrogen-bond donors (Lipinski definition) is 2. The van der Waals surface area contributed by atoms with Crippen molar-refractivity contribution in [2.24, 2.45) is 5.73 Å². The number of carbonyl (C=O) groups excluding carboxylic acids is 1. The van der Waals surface area contributed by atoms with Crippen molar-refractivity contribution < 1.29 is 4.79 Å². The summed E-state index contributed by atoms with van der Waals surface area (Å²) in [4.78, 5) is 14.1. The first-order chi connectivity index (χ1) is 7.43. The third-order valence-electron chi connectivity index (χ3n) is 2.93. The van der Waals surface area contributed by atoms with Crippen LogP contribution in [0.4, 0.5) is 4.79 Å². The average molecular weight is 243 g/mol. The van der Waals surface area contributed by atoms with Crippen LogP contribution in [0.15, 0.2) is 0 Å². The summed E-state index contributed by atoms with van der Waals surface area (Å²) in [7, 11) is 0. The van der Waals surface area contributed by atoms with E-state index in [-0.39, 0.29) is 6.03 Å². The number of nitrogens with two attached hydrogens (primary N) is 1. The van der Waals surface area contributed by atoms with Crippen molar-refractivity contribution in [1.82, 2.24) is 10.2 Å². The third-order valence-corrected chi connectivity index (χ3v) is 3.44. The molecule has 92 valence electrons. The van der Waals surface area contributed by atoms with Crippen molar-refractivity contribution in [2.45, 2.75) is 45.1 Å². The highest BCUT2D eigenvalue weighted by molar-refractivity contribution is 7.80. The highest BCUT2D eigenvalue weighted by Crippen LogP contribution is 2.11. The molecule has 1 fully saturated rings. The summed E-state index contributed by atoms with van der Waals surface area (Å²) in [5.41, 5.74) is 4.96. The maximum absolute atomic E-state index is 12.0. The maximum Gasteiger partial charge on any atom is 0.318 e. The lowest BCUT2D eigenvalue weighted by molar-refractivity contribution is 0.194. The van der Waals surface area contributed by atoms with E-state index in [2.05, 4.69) is 5.32 Å². The van der Waals surface area contributed by atoms with Crippen LogP contribution in [0.2, 0.25) is 0 Å². The lowest BCUT2D eigenvalue weighted by Crippen LogP contribution is -2.56. The largest absolute Gasteiger partial charge is 0.391 e. The highest BCUT2D eigenvalue weighted by Gasteiger charge is 2.26. The Hall–Kier alpha value is -0.840. The molecular formula is C11H21N3OS. The molecule has 3 N–H and O–H groups in total. The molecule has 0 aromatic heterocycles. The van der Waals surface area contributed by atoms with Crippen molar-refractivity contribution in [3.05, 3.63) is 0 Å². The van der Waals surface area contributed by atoms with Gasteiger partial charge in [-0.2, -0.15) is 0 Å². The number of carbonyl (C=O) groups is 1. The zero-order valence-electron chi connectivity index (χ0n) is 10.1. The van der Waals surface area contributed by atoms with Gasteiger partial charge in [0, 0.05) is 13.1 Å². The molecule has 16 heavy (non-hydrogen) atoms. The SMILES string of the molecule is CC(C)(NC(=O)N1CCCCCC1)C(N)=S. The molecular weight excluding hydrogens is 222 g/mol. The van der Waals surface area contributed by atoms with Gasteiger partial charge in [-0.15, -0.1) is 0 Å². The second kappa shape index (κ2) is 5.48. The predicted molar refractivity (Wildman–Crippen MR) is 69.4 cm³/mol. The highest BCUT2D eigenvalue weighted by atomic mass is 32.1. The van der Waals surface area contributed by atoms with E-state index in [1.807, 2.05) is 18.7 Å². The number of rotatable bonds is 2. The molecule has 0 aromatic rings. The Morgan fingerprint density at radius 1 is 1.25 bits per heavy atom. The molecule has 1 aliphatic rings. The molecule has 1 rings (SSSR count). The monoisotopic (exact) mass is 243 g/mol. The number of amides is 2. The molecule has 4 nitrogen and oxygen atoms in total. The van der Waals surface area contributed by atoms with E-state index in [0.717, 1.165) is 25.9 Å². The van der Waals surface area contributed by atoms with Gasteiger partial charge < -0.3 is 16.0 Å². The number of urea groups is 1. The van der Waals surface area contributed by atoms with Crippen molar-refractivity contribution in [2.75, 3.05) is 13.1 Å². The minimum atomic E-state index is -0.612. The second-order valence-corrected chi connectivity index (χ2v) is 5.26. The first-order valence-corrected chi connectivity index (χ1v) is 6.21. The van der Waals surface area contributed by atoms with E-state index in [1.54, 1.807) is 0 Å². The molecule has 0 unspecified atom stereocenters. The number of hydrogen-bond acceptors (Lipinski definition) is 2. The number of nitrogens with one attached hydrogen (secondary N) is 1. The minimum Gasteiger partial charge on any atom is -0.391 e. The van der Waals surface area contributed by atoms with E-state index in [4.69, 9.17) is 18.0 Å². The van der Waals surface area contributed by atoms with Gasteiger partial charge in [-0.25, -0.2) is 4.79 Å². The molecule has 0 atom stereocenters. The standard InChI is InChI=1S/C11H21N3OS/c1-11(2,9(12)16)13-10(15)14-7-5-3-4-6-8-14/h3-8H2,1-2H3,(H2,12,16)(H,13,15). The summed E-state index contributed by atoms with van der Waals surface area (Å²) in [5, 5.41) is 2.87. The summed E-state index contributed by atoms with van der Waals surface area (Å²) < 4.78 is 0. The fourth-order valence-electron chi connectivity index (χ4n) is 1.68. The van der Waals surface area contributed by atoms with E-state index in [9.17, 15) is 4.79 Å². The Bertz CT molecular complexity index is 270. The second-order valence-electron chi connectivity index (χ2n) is 4.82. The molecule has 0 aromatic carbocycles. The summed E-state index contributed by atoms with van der Waals surface area (Å²) in [6.07, 6.45) is 4.59. The van der Waals surface area contributed by atoms with Gasteiger partial charge in [0.25, 0.3) is 0 Å². The average Bonchev–Trinajstić information content (AvgIpc) is 2.44. The summed E-state index contributed by atoms with van der Waals surface area (Å²) in [6, 6.07) is -0.0558. The van der Waals surface area contributed by atoms with Gasteiger partial charge in [0.2, 0.25) is 0 Å². The molecule has 0 spiro atoms. The number of likely N-dealkylation sites (tertiary alicyclic amines) is 1. The Morgan fingerprint density at radius 3 is 2.19 bits per heavy atom. The van der Waals surface area contributed by atoms with Gasteiger partial charge in [-0.3, -0.25) is 0 Å². The smallest absolute Gasteiger partial charge is 0.318 e. The number of thiocarbonyl (C=S) groups is 1. The van der Waals surface area contributed by atoms with Gasteiger partial charge >= 0.3 is 6.03 Å². The van der Waals surface area contributed by atoms with Crippen LogP contribution in [0.1, 0.15) is 39.5 Å². The maximum atomic E-state index is 12.0. The molecule has 5 heteroatoms. The first-order valence-electron chi connectivity index (χ1n) is 5.80. The van der Waals surface area contributed by atoms with Crippen molar-refractivity contribution >= 4 is 23.2 Å². The fraction of sp³-hybridized carbons (Fsp3) is 0.818. The molecule has 1 heterocycles. The zero-order valence-corrected chi connectivity index (χ0v) is 10.9. The lowest BCUT2D eigenvalue weighted by atomic mass is 10.1. The Balaban J connectivity index is 2.53. The predicted octanol–water partition coefficient (Wildman–Crippen LogP) is 1.64. The van der Waals surface area contributed by atoms with Crippen LogP contribution in [0.5, 0.6) is 0 Å². The summed E-state index contributed by atoms with van der Waals surface area (Å²) in [6.45, 7) is 5.31. The van der Waals surface area contributed by atoms with Crippen molar-refractivity contribution in [3.8, 4) is 0 Å². The van der Waals surface area contributed by atoms with Crippen LogP contribution < -0.4 is 11.1 Å². The first kappa shape index (κ1) is 13.2. The van der Waals surface area contributed by atoms with Crippen LogP contribution >= 0.6 is 12.2 Å². The van der Waals surface area contributed by atoms with Gasteiger partial charge in [-0.05, 0) is 26.7 Å². The van der Waals surface area contributed by atoms with Gasteiger partial charge in [0.05, 0.1) is 10.5 Å². The van der Waals surface area contributed by atoms with Crippen LogP contribution in [-0.2, 0) is 0 Å². The molecule has 0 saturated carbocycles. The van der Waals surface area contributed by atoms with Crippen molar-refractivity contribution in [1.29, 1.82) is 0 Å². The Morgan fingerprint density at radius 2 is 1.75 bits per heavy atom. The van der Waals surface area contributed by atoms with E-state index < -0.39 is 5.54 Å². The van der Waals surface area contributed by atoms with E-state index in [0.29, 0.717) is 4.99 Å². The zero-order chi connectivity index (χ0) is 12.2. The summed E-state index contributed by atoms with van der Waals surface area (Å²) >= 11 is 4.92. The van der Waals surface area contributed by atoms with Gasteiger partial charge in [-0.1, -0.05) is 25.1 Å². The fourth-order valence-corrected chi connectivity index (χ4v) is 1.73. The third kappa shape index (κ3) is 3.63. The number of nitrogens with zero attached hydrogens (tertiary/aromatic N) is 1. The molecule has 0 radical (unpaired) electrons. The van der Waals surface area contributed by atoms with E-state index in [1.165, 1.54) is 12.8 Å². The molecule has 1 aliphatic heterocycles. The van der Waals surface area contributed by atoms with Gasteiger partial charge in [0.1, 0.15) is 0 Å². The van der Waals surface area contributed by atoms with Crippen LogP contribution in [-0.4, -0.2) is 34.5 Å². The molecule has 1 saturated heterocycles. The lowest BCUT2D eigenvalue weighted by Gasteiger charge is -2.29.